The van der Waals surface area contributed by atoms with Gasteiger partial charge >= 0.3 is 0 Å². The smallest absolute Gasteiger partial charge is 0.153 e. The maximum Gasteiger partial charge on any atom is 0.153 e. The van der Waals surface area contributed by atoms with Gasteiger partial charge in [0.05, 0.1) is 5.02 Å². The number of hydrogen-bond acceptors (Lipinski definition) is 2. The third-order valence-corrected chi connectivity index (χ3v) is 3.63. The zero-order valence-corrected chi connectivity index (χ0v) is 12.3. The van der Waals surface area contributed by atoms with Gasteiger partial charge in [0.1, 0.15) is 17.1 Å². The molecule has 0 saturated carbocycles. The number of rotatable bonds is 3. The van der Waals surface area contributed by atoms with Crippen molar-refractivity contribution >= 4 is 34.1 Å². The van der Waals surface area contributed by atoms with Gasteiger partial charge in [0.2, 0.25) is 0 Å². The molecule has 0 N–H and O–H groups in total. The van der Waals surface area contributed by atoms with Gasteiger partial charge in [-0.1, -0.05) is 11.6 Å². The second-order valence-electron chi connectivity index (χ2n) is 4.48. The largest absolute Gasteiger partial charge is 0.455 e. The molecule has 21 heavy (non-hydrogen) atoms. The molecule has 0 radical (unpaired) electrons. The molecular formula is C16H10Cl2FNO. The molecule has 0 saturated heterocycles. The number of alkyl halides is 1. The monoisotopic (exact) mass is 321 g/mol. The van der Waals surface area contributed by atoms with E-state index in [-0.39, 0.29) is 5.88 Å². The van der Waals surface area contributed by atoms with E-state index in [0.29, 0.717) is 27.6 Å². The lowest BCUT2D eigenvalue weighted by atomic mass is 10.2. The number of halogens is 3. The second-order valence-corrected chi connectivity index (χ2v) is 5.15. The number of aromatic nitrogens is 1. The lowest BCUT2D eigenvalue weighted by molar-refractivity contribution is 0.480. The molecule has 0 bridgehead atoms. The fourth-order valence-corrected chi connectivity index (χ4v) is 2.45. The summed E-state index contributed by atoms with van der Waals surface area (Å²) in [7, 11) is 0. The quantitative estimate of drug-likeness (QED) is 0.589. The lowest BCUT2D eigenvalue weighted by Gasteiger charge is -2.10. The van der Waals surface area contributed by atoms with Crippen molar-refractivity contribution < 1.29 is 9.13 Å². The molecule has 0 fully saturated rings. The van der Waals surface area contributed by atoms with E-state index in [1.807, 2.05) is 6.07 Å². The Morgan fingerprint density at radius 2 is 2.00 bits per heavy atom. The predicted octanol–water partition coefficient (Wildman–Crippen LogP) is 5.56. The number of benzene rings is 2. The third-order valence-electron chi connectivity index (χ3n) is 2.99. The van der Waals surface area contributed by atoms with Crippen LogP contribution in [-0.2, 0) is 5.88 Å². The number of nitrogens with zero attached hydrogens (tertiary/aromatic N) is 1. The Hall–Kier alpha value is -1.84. The summed E-state index contributed by atoms with van der Waals surface area (Å²) in [6.45, 7) is 0. The summed E-state index contributed by atoms with van der Waals surface area (Å²) in [5, 5.41) is 1.37. The summed E-state index contributed by atoms with van der Waals surface area (Å²) in [5.41, 5.74) is 1.28. The zero-order chi connectivity index (χ0) is 14.8. The molecule has 0 aliphatic rings. The van der Waals surface area contributed by atoms with Crippen molar-refractivity contribution in [3.8, 4) is 11.5 Å². The van der Waals surface area contributed by atoms with Crippen molar-refractivity contribution in [1.82, 2.24) is 4.98 Å². The Labute approximate surface area is 131 Å². The molecule has 2 nitrogen and oxygen atoms in total. The average Bonchev–Trinajstić information content (AvgIpc) is 2.50. The van der Waals surface area contributed by atoms with Crippen LogP contribution in [0.25, 0.3) is 10.9 Å². The molecule has 0 amide bonds. The first-order chi connectivity index (χ1) is 10.2. The van der Waals surface area contributed by atoms with E-state index in [1.165, 1.54) is 12.1 Å². The molecule has 0 atom stereocenters. The molecule has 1 aromatic heterocycles. The SMILES string of the molecule is Fc1cc(CCl)cc(Oc2ccc(Cl)c3cccnc23)c1. The summed E-state index contributed by atoms with van der Waals surface area (Å²) in [4.78, 5) is 4.27. The van der Waals surface area contributed by atoms with E-state index in [9.17, 15) is 4.39 Å². The zero-order valence-electron chi connectivity index (χ0n) is 10.8. The summed E-state index contributed by atoms with van der Waals surface area (Å²) >= 11 is 11.9. The molecule has 3 rings (SSSR count). The van der Waals surface area contributed by atoms with Crippen LogP contribution in [0, 0.1) is 5.82 Å². The van der Waals surface area contributed by atoms with Crippen LogP contribution < -0.4 is 4.74 Å². The minimum atomic E-state index is -0.394. The van der Waals surface area contributed by atoms with E-state index in [1.54, 1.807) is 30.5 Å². The molecule has 106 valence electrons. The topological polar surface area (TPSA) is 22.1 Å². The molecule has 0 spiro atoms. The maximum absolute atomic E-state index is 13.5. The Morgan fingerprint density at radius 1 is 1.14 bits per heavy atom. The van der Waals surface area contributed by atoms with Crippen LogP contribution in [0.1, 0.15) is 5.56 Å². The highest BCUT2D eigenvalue weighted by atomic mass is 35.5. The van der Waals surface area contributed by atoms with Gasteiger partial charge in [0, 0.05) is 23.5 Å². The van der Waals surface area contributed by atoms with Crippen molar-refractivity contribution in [2.45, 2.75) is 5.88 Å². The maximum atomic E-state index is 13.5. The van der Waals surface area contributed by atoms with Crippen molar-refractivity contribution in [2.24, 2.45) is 0 Å². The molecule has 1 heterocycles. The highest BCUT2D eigenvalue weighted by Gasteiger charge is 2.09. The van der Waals surface area contributed by atoms with E-state index >= 15 is 0 Å². The van der Waals surface area contributed by atoms with Gasteiger partial charge in [-0.3, -0.25) is 4.98 Å². The highest BCUT2D eigenvalue weighted by molar-refractivity contribution is 6.35. The molecule has 5 heteroatoms. The molecule has 2 aromatic carbocycles. The van der Waals surface area contributed by atoms with Gasteiger partial charge in [-0.2, -0.15) is 0 Å². The van der Waals surface area contributed by atoms with Crippen LogP contribution in [0.4, 0.5) is 4.39 Å². The van der Waals surface area contributed by atoms with Crippen LogP contribution in [0.15, 0.2) is 48.7 Å². The standard InChI is InChI=1S/C16H10Cl2FNO/c17-9-10-6-11(19)8-12(7-10)21-15-4-3-14(18)13-2-1-5-20-16(13)15/h1-8H,9H2. The molecule has 0 aliphatic carbocycles. The number of ether oxygens (including phenoxy) is 1. The van der Waals surface area contributed by atoms with Gasteiger partial charge in [0.25, 0.3) is 0 Å². The van der Waals surface area contributed by atoms with Crippen LogP contribution >= 0.6 is 23.2 Å². The Balaban J connectivity index is 2.06. The molecular weight excluding hydrogens is 312 g/mol. The average molecular weight is 322 g/mol. The van der Waals surface area contributed by atoms with E-state index in [0.717, 1.165) is 5.39 Å². The molecule has 0 aliphatic heterocycles. The lowest BCUT2D eigenvalue weighted by Crippen LogP contribution is -1.91. The fourth-order valence-electron chi connectivity index (χ4n) is 2.08. The minimum absolute atomic E-state index is 0.216. The van der Waals surface area contributed by atoms with Gasteiger partial charge in [-0.15, -0.1) is 11.6 Å². The van der Waals surface area contributed by atoms with E-state index < -0.39 is 5.82 Å². The van der Waals surface area contributed by atoms with Gasteiger partial charge in [0.15, 0.2) is 5.75 Å². The van der Waals surface area contributed by atoms with Crippen LogP contribution in [0.5, 0.6) is 11.5 Å². The summed E-state index contributed by atoms with van der Waals surface area (Å²) < 4.78 is 19.3. The Bertz CT molecular complexity index is 807. The summed E-state index contributed by atoms with van der Waals surface area (Å²) in [6.07, 6.45) is 1.65. The van der Waals surface area contributed by atoms with Crippen molar-refractivity contribution in [1.29, 1.82) is 0 Å². The first-order valence-corrected chi connectivity index (χ1v) is 7.15. The second kappa shape index (κ2) is 5.88. The number of hydrogen-bond donors (Lipinski definition) is 0. The van der Waals surface area contributed by atoms with Crippen LogP contribution in [0.3, 0.4) is 0 Å². The minimum Gasteiger partial charge on any atom is -0.455 e. The van der Waals surface area contributed by atoms with Gasteiger partial charge in [-0.05, 0) is 42.0 Å². The van der Waals surface area contributed by atoms with Crippen molar-refractivity contribution in [2.75, 3.05) is 0 Å². The number of fused-ring (bicyclic) bond motifs is 1. The summed E-state index contributed by atoms with van der Waals surface area (Å²) in [5.74, 6) is 0.712. The fraction of sp³-hybridized carbons (Fsp3) is 0.0625. The number of pyridine rings is 1. The Morgan fingerprint density at radius 3 is 2.81 bits per heavy atom. The van der Waals surface area contributed by atoms with Crippen molar-refractivity contribution in [3.05, 3.63) is 65.1 Å². The predicted molar refractivity (Wildman–Crippen MR) is 82.8 cm³/mol. The molecule has 0 unspecified atom stereocenters. The van der Waals surface area contributed by atoms with Crippen molar-refractivity contribution in [3.63, 3.8) is 0 Å². The van der Waals surface area contributed by atoms with Crippen LogP contribution in [-0.4, -0.2) is 4.98 Å². The first kappa shape index (κ1) is 14.1. The highest BCUT2D eigenvalue weighted by Crippen LogP contribution is 2.33. The first-order valence-electron chi connectivity index (χ1n) is 6.24. The van der Waals surface area contributed by atoms with E-state index in [2.05, 4.69) is 4.98 Å². The molecule has 3 aromatic rings. The van der Waals surface area contributed by atoms with Gasteiger partial charge < -0.3 is 4.74 Å². The Kier molecular flexibility index (Phi) is 3.95. The summed E-state index contributed by atoms with van der Waals surface area (Å²) in [6, 6.07) is 11.5. The normalized spacial score (nSPS) is 10.8. The third kappa shape index (κ3) is 2.94. The van der Waals surface area contributed by atoms with E-state index in [4.69, 9.17) is 27.9 Å². The van der Waals surface area contributed by atoms with Crippen LogP contribution in [0.2, 0.25) is 5.02 Å². The van der Waals surface area contributed by atoms with Gasteiger partial charge in [-0.25, -0.2) is 4.39 Å².